The normalized spacial score (nSPS) is 10.7. The number of halogens is 3. The van der Waals surface area contributed by atoms with Crippen molar-refractivity contribution in [1.29, 1.82) is 0 Å². The van der Waals surface area contributed by atoms with Crippen molar-refractivity contribution in [2.45, 2.75) is 12.3 Å². The molecule has 16 heavy (non-hydrogen) atoms. The van der Waals surface area contributed by atoms with Gasteiger partial charge in [0, 0.05) is 6.42 Å². The number of hydrogen-bond acceptors (Lipinski definition) is 3. The lowest BCUT2D eigenvalue weighted by atomic mass is 10.1. The molecule has 0 bridgehead atoms. The molecule has 0 fully saturated rings. The second-order valence-electron chi connectivity index (χ2n) is 3.16. The van der Waals surface area contributed by atoms with E-state index < -0.39 is 0 Å². The number of alkyl halides is 1. The van der Waals surface area contributed by atoms with Crippen LogP contribution in [-0.4, -0.2) is 10.1 Å². The van der Waals surface area contributed by atoms with Gasteiger partial charge < -0.3 is 4.52 Å². The summed E-state index contributed by atoms with van der Waals surface area (Å²) >= 11 is 17.3. The molecule has 0 amide bonds. The molecule has 1 aromatic carbocycles. The van der Waals surface area contributed by atoms with Gasteiger partial charge in [-0.1, -0.05) is 34.4 Å². The molecule has 84 valence electrons. The Morgan fingerprint density at radius 1 is 1.19 bits per heavy atom. The zero-order valence-corrected chi connectivity index (χ0v) is 10.4. The number of aromatic nitrogens is 2. The Labute approximate surface area is 107 Å². The van der Waals surface area contributed by atoms with Gasteiger partial charge in [-0.3, -0.25) is 0 Å². The van der Waals surface area contributed by atoms with Crippen LogP contribution in [0.2, 0.25) is 10.0 Å². The van der Waals surface area contributed by atoms with E-state index in [4.69, 9.17) is 39.3 Å². The van der Waals surface area contributed by atoms with Gasteiger partial charge in [-0.25, -0.2) is 0 Å². The van der Waals surface area contributed by atoms with Crippen LogP contribution in [-0.2, 0) is 12.3 Å². The fraction of sp³-hybridized carbons (Fsp3) is 0.200. The highest BCUT2D eigenvalue weighted by Crippen LogP contribution is 2.23. The van der Waals surface area contributed by atoms with Gasteiger partial charge in [-0.05, 0) is 17.7 Å². The largest absolute Gasteiger partial charge is 0.338 e. The van der Waals surface area contributed by atoms with Crippen LogP contribution >= 0.6 is 34.8 Å². The molecule has 2 aromatic rings. The summed E-state index contributed by atoms with van der Waals surface area (Å²) in [6.07, 6.45) is 0.539. The first-order valence-electron chi connectivity index (χ1n) is 4.50. The van der Waals surface area contributed by atoms with Crippen LogP contribution in [0.5, 0.6) is 0 Å². The standard InChI is InChI=1S/C10H7Cl3N2O/c11-5-10-14-9(15-16-10)4-6-1-2-7(12)8(13)3-6/h1-3H,4-5H2. The molecule has 0 radical (unpaired) electrons. The quantitative estimate of drug-likeness (QED) is 0.803. The van der Waals surface area contributed by atoms with Gasteiger partial charge in [0.2, 0.25) is 5.89 Å². The van der Waals surface area contributed by atoms with Crippen LogP contribution in [0.25, 0.3) is 0 Å². The average molecular weight is 278 g/mol. The molecule has 0 atom stereocenters. The molecule has 0 spiro atoms. The molecule has 1 heterocycles. The zero-order chi connectivity index (χ0) is 11.5. The second kappa shape index (κ2) is 5.04. The van der Waals surface area contributed by atoms with Crippen molar-refractivity contribution >= 4 is 34.8 Å². The van der Waals surface area contributed by atoms with E-state index in [-0.39, 0.29) is 5.88 Å². The Kier molecular flexibility index (Phi) is 3.69. The van der Waals surface area contributed by atoms with Crippen molar-refractivity contribution in [3.05, 3.63) is 45.5 Å². The first-order chi connectivity index (χ1) is 7.69. The van der Waals surface area contributed by atoms with Gasteiger partial charge in [0.15, 0.2) is 5.82 Å². The molecular weight excluding hydrogens is 270 g/mol. The van der Waals surface area contributed by atoms with E-state index in [1.165, 1.54) is 0 Å². The first-order valence-corrected chi connectivity index (χ1v) is 5.79. The molecule has 1 aromatic heterocycles. The summed E-state index contributed by atoms with van der Waals surface area (Å²) in [6, 6.07) is 5.38. The number of benzene rings is 1. The Bertz CT molecular complexity index is 499. The minimum absolute atomic E-state index is 0.217. The highest BCUT2D eigenvalue weighted by Gasteiger charge is 2.07. The summed E-state index contributed by atoms with van der Waals surface area (Å²) in [5, 5.41) is 4.83. The average Bonchev–Trinajstić information content (AvgIpc) is 2.71. The van der Waals surface area contributed by atoms with Crippen molar-refractivity contribution in [2.75, 3.05) is 0 Å². The minimum atomic E-state index is 0.217. The predicted octanol–water partition coefficient (Wildman–Crippen LogP) is 3.71. The van der Waals surface area contributed by atoms with Crippen molar-refractivity contribution in [3.63, 3.8) is 0 Å². The monoisotopic (exact) mass is 276 g/mol. The Morgan fingerprint density at radius 2 is 2.00 bits per heavy atom. The minimum Gasteiger partial charge on any atom is -0.338 e. The topological polar surface area (TPSA) is 38.9 Å². The van der Waals surface area contributed by atoms with Crippen LogP contribution in [0.15, 0.2) is 22.7 Å². The maximum Gasteiger partial charge on any atom is 0.241 e. The third-order valence-electron chi connectivity index (χ3n) is 1.97. The van der Waals surface area contributed by atoms with Crippen LogP contribution in [0.3, 0.4) is 0 Å². The Balaban J connectivity index is 2.17. The molecule has 0 aliphatic heterocycles. The smallest absolute Gasteiger partial charge is 0.241 e. The van der Waals surface area contributed by atoms with Gasteiger partial charge >= 0.3 is 0 Å². The van der Waals surface area contributed by atoms with E-state index >= 15 is 0 Å². The van der Waals surface area contributed by atoms with Crippen LogP contribution in [0, 0.1) is 0 Å². The molecule has 3 nitrogen and oxygen atoms in total. The number of nitrogens with zero attached hydrogens (tertiary/aromatic N) is 2. The van der Waals surface area contributed by atoms with Gasteiger partial charge in [0.05, 0.1) is 10.0 Å². The van der Waals surface area contributed by atoms with Gasteiger partial charge in [0.1, 0.15) is 5.88 Å². The predicted molar refractivity (Wildman–Crippen MR) is 63.1 cm³/mol. The van der Waals surface area contributed by atoms with Crippen molar-refractivity contribution in [2.24, 2.45) is 0 Å². The molecular formula is C10H7Cl3N2O. The highest BCUT2D eigenvalue weighted by atomic mass is 35.5. The molecule has 0 unspecified atom stereocenters. The molecule has 0 aliphatic rings. The van der Waals surface area contributed by atoms with Gasteiger partial charge in [0.25, 0.3) is 0 Å². The summed E-state index contributed by atoms with van der Waals surface area (Å²) in [7, 11) is 0. The first kappa shape index (κ1) is 11.7. The summed E-state index contributed by atoms with van der Waals surface area (Å²) in [5.74, 6) is 1.21. The fourth-order valence-corrected chi connectivity index (χ4v) is 1.68. The SMILES string of the molecule is ClCc1nc(Cc2ccc(Cl)c(Cl)c2)no1. The van der Waals surface area contributed by atoms with Gasteiger partial charge in [-0.15, -0.1) is 11.6 Å². The van der Waals surface area contributed by atoms with Crippen LogP contribution in [0.1, 0.15) is 17.3 Å². The third-order valence-corrected chi connectivity index (χ3v) is 2.94. The lowest BCUT2D eigenvalue weighted by Crippen LogP contribution is -1.91. The molecule has 0 saturated carbocycles. The molecule has 2 rings (SSSR count). The molecule has 0 N–H and O–H groups in total. The van der Waals surface area contributed by atoms with Gasteiger partial charge in [-0.2, -0.15) is 4.98 Å². The highest BCUT2D eigenvalue weighted by molar-refractivity contribution is 6.42. The van der Waals surface area contributed by atoms with Crippen molar-refractivity contribution < 1.29 is 4.52 Å². The van der Waals surface area contributed by atoms with E-state index in [9.17, 15) is 0 Å². The third kappa shape index (κ3) is 2.67. The zero-order valence-electron chi connectivity index (χ0n) is 8.08. The summed E-state index contributed by atoms with van der Waals surface area (Å²) < 4.78 is 4.89. The molecule has 0 aliphatic carbocycles. The lowest BCUT2D eigenvalue weighted by molar-refractivity contribution is 0.385. The maximum atomic E-state index is 5.90. The van der Waals surface area contributed by atoms with Crippen molar-refractivity contribution in [1.82, 2.24) is 10.1 Å². The molecule has 6 heteroatoms. The number of hydrogen-bond donors (Lipinski definition) is 0. The van der Waals surface area contributed by atoms with Crippen molar-refractivity contribution in [3.8, 4) is 0 Å². The van der Waals surface area contributed by atoms with E-state index in [0.29, 0.717) is 28.2 Å². The maximum absolute atomic E-state index is 5.90. The van der Waals surface area contributed by atoms with Crippen LogP contribution < -0.4 is 0 Å². The van der Waals surface area contributed by atoms with E-state index in [2.05, 4.69) is 10.1 Å². The molecule has 0 saturated heterocycles. The number of rotatable bonds is 3. The summed E-state index contributed by atoms with van der Waals surface area (Å²) in [6.45, 7) is 0. The summed E-state index contributed by atoms with van der Waals surface area (Å²) in [4.78, 5) is 4.09. The second-order valence-corrected chi connectivity index (χ2v) is 4.24. The lowest BCUT2D eigenvalue weighted by Gasteiger charge is -1.99. The van der Waals surface area contributed by atoms with E-state index in [0.717, 1.165) is 5.56 Å². The summed E-state index contributed by atoms with van der Waals surface area (Å²) in [5.41, 5.74) is 0.969. The Hall–Kier alpha value is -0.770. The van der Waals surface area contributed by atoms with E-state index in [1.54, 1.807) is 12.1 Å². The Morgan fingerprint density at radius 3 is 2.62 bits per heavy atom. The fourth-order valence-electron chi connectivity index (χ4n) is 1.25. The van der Waals surface area contributed by atoms with E-state index in [1.807, 2.05) is 6.07 Å². The van der Waals surface area contributed by atoms with Crippen LogP contribution in [0.4, 0.5) is 0 Å².